The number of hydrogen-bond donors (Lipinski definition) is 1. The van der Waals surface area contributed by atoms with E-state index >= 15 is 0 Å². The van der Waals surface area contributed by atoms with Crippen LogP contribution >= 0.6 is 22.9 Å². The fourth-order valence-corrected chi connectivity index (χ4v) is 1.86. The van der Waals surface area contributed by atoms with Gasteiger partial charge in [0.15, 0.2) is 5.13 Å². The molecular weight excluding hydrogens is 254 g/mol. The van der Waals surface area contributed by atoms with Gasteiger partial charge < -0.3 is 15.3 Å². The zero-order valence-electron chi connectivity index (χ0n) is 8.69. The largest absolute Gasteiger partial charge is 0.461 e. The lowest BCUT2D eigenvalue weighted by Gasteiger charge is -2.02. The molecule has 0 spiro atoms. The minimum absolute atomic E-state index is 0.0951. The highest BCUT2D eigenvalue weighted by Gasteiger charge is 2.23. The molecule has 2 N–H and O–H groups in total. The molecule has 0 radical (unpaired) electrons. The quantitative estimate of drug-likeness (QED) is 0.502. The topological polar surface area (TPSA) is 86.8 Å². The number of nitrogens with two attached hydrogens (primary N) is 1. The SMILES string of the molecule is CCOC(=O)/C(=N\OC)c1nc(N)sc1Cl. The summed E-state index contributed by atoms with van der Waals surface area (Å²) in [4.78, 5) is 20.0. The van der Waals surface area contributed by atoms with Gasteiger partial charge >= 0.3 is 5.97 Å². The highest BCUT2D eigenvalue weighted by atomic mass is 35.5. The van der Waals surface area contributed by atoms with Crippen molar-refractivity contribution in [3.8, 4) is 0 Å². The van der Waals surface area contributed by atoms with Crippen LogP contribution in [0.3, 0.4) is 0 Å². The second-order valence-corrected chi connectivity index (χ2v) is 4.15. The Morgan fingerprint density at radius 1 is 1.69 bits per heavy atom. The van der Waals surface area contributed by atoms with Gasteiger partial charge in [-0.15, -0.1) is 0 Å². The Balaban J connectivity index is 3.08. The first kappa shape index (κ1) is 12.7. The van der Waals surface area contributed by atoms with Crippen LogP contribution in [0.5, 0.6) is 0 Å². The van der Waals surface area contributed by atoms with Crippen molar-refractivity contribution in [3.63, 3.8) is 0 Å². The lowest BCUT2D eigenvalue weighted by Crippen LogP contribution is -2.20. The number of hydrogen-bond acceptors (Lipinski definition) is 7. The van der Waals surface area contributed by atoms with Crippen molar-refractivity contribution in [1.82, 2.24) is 4.98 Å². The molecule has 1 aromatic heterocycles. The molecule has 0 atom stereocenters. The zero-order chi connectivity index (χ0) is 12.1. The number of halogens is 1. The first-order valence-corrected chi connectivity index (χ1v) is 5.50. The van der Waals surface area contributed by atoms with Gasteiger partial charge in [-0.2, -0.15) is 0 Å². The number of ether oxygens (including phenoxy) is 1. The Morgan fingerprint density at radius 2 is 2.38 bits per heavy atom. The van der Waals surface area contributed by atoms with E-state index in [9.17, 15) is 4.79 Å². The summed E-state index contributed by atoms with van der Waals surface area (Å²) in [5.41, 5.74) is 5.54. The fraction of sp³-hybridized carbons (Fsp3) is 0.375. The summed E-state index contributed by atoms with van der Waals surface area (Å²) >= 11 is 6.90. The number of anilines is 1. The number of aromatic nitrogens is 1. The number of nitrogen functional groups attached to an aromatic ring is 1. The van der Waals surface area contributed by atoms with Crippen LogP contribution in [0, 0.1) is 0 Å². The van der Waals surface area contributed by atoms with Crippen molar-refractivity contribution in [2.24, 2.45) is 5.16 Å². The molecule has 1 heterocycles. The van der Waals surface area contributed by atoms with E-state index in [2.05, 4.69) is 15.0 Å². The van der Waals surface area contributed by atoms with Crippen LogP contribution < -0.4 is 5.73 Å². The molecule has 0 aromatic carbocycles. The number of thiazole rings is 1. The van der Waals surface area contributed by atoms with Gasteiger partial charge in [0.25, 0.3) is 0 Å². The smallest absolute Gasteiger partial charge is 0.362 e. The van der Waals surface area contributed by atoms with Gasteiger partial charge in [0, 0.05) is 0 Å². The van der Waals surface area contributed by atoms with Gasteiger partial charge in [0.1, 0.15) is 17.1 Å². The van der Waals surface area contributed by atoms with Gasteiger partial charge in [0.05, 0.1) is 6.61 Å². The minimum Gasteiger partial charge on any atom is -0.461 e. The van der Waals surface area contributed by atoms with E-state index in [0.29, 0.717) is 0 Å². The highest BCUT2D eigenvalue weighted by Crippen LogP contribution is 2.26. The van der Waals surface area contributed by atoms with Crippen LogP contribution in [0.4, 0.5) is 5.13 Å². The Morgan fingerprint density at radius 3 is 2.81 bits per heavy atom. The number of oxime groups is 1. The summed E-state index contributed by atoms with van der Waals surface area (Å²) in [5.74, 6) is -0.656. The summed E-state index contributed by atoms with van der Waals surface area (Å²) in [6, 6.07) is 0. The molecule has 0 aliphatic carbocycles. The average Bonchev–Trinajstić information content (AvgIpc) is 2.54. The second kappa shape index (κ2) is 5.66. The molecule has 16 heavy (non-hydrogen) atoms. The van der Waals surface area contributed by atoms with Crippen molar-refractivity contribution in [3.05, 3.63) is 10.0 Å². The molecule has 6 nitrogen and oxygen atoms in total. The van der Waals surface area contributed by atoms with Crippen LogP contribution in [0.1, 0.15) is 12.6 Å². The molecule has 8 heteroatoms. The number of carbonyl (C=O) groups excluding carboxylic acids is 1. The van der Waals surface area contributed by atoms with E-state index in [-0.39, 0.29) is 27.5 Å². The number of carbonyl (C=O) groups is 1. The van der Waals surface area contributed by atoms with Crippen LogP contribution in [0.2, 0.25) is 4.34 Å². The van der Waals surface area contributed by atoms with Crippen molar-refractivity contribution in [2.45, 2.75) is 6.92 Å². The molecule has 0 saturated heterocycles. The molecule has 0 aliphatic heterocycles. The van der Waals surface area contributed by atoms with E-state index in [1.165, 1.54) is 7.11 Å². The molecule has 0 aliphatic rings. The molecule has 1 aromatic rings. The second-order valence-electron chi connectivity index (χ2n) is 2.52. The maximum absolute atomic E-state index is 11.5. The summed E-state index contributed by atoms with van der Waals surface area (Å²) in [5, 5.41) is 3.78. The summed E-state index contributed by atoms with van der Waals surface area (Å²) in [7, 11) is 1.31. The molecule has 0 bridgehead atoms. The molecule has 1 rings (SSSR count). The molecule has 0 fully saturated rings. The average molecular weight is 264 g/mol. The van der Waals surface area contributed by atoms with Gasteiger partial charge in [0.2, 0.25) is 5.71 Å². The third-order valence-electron chi connectivity index (χ3n) is 1.48. The van der Waals surface area contributed by atoms with E-state index in [4.69, 9.17) is 22.1 Å². The molecule has 0 amide bonds. The van der Waals surface area contributed by atoms with Gasteiger partial charge in [-0.1, -0.05) is 28.1 Å². The van der Waals surface area contributed by atoms with E-state index in [0.717, 1.165) is 11.3 Å². The lowest BCUT2D eigenvalue weighted by atomic mass is 10.3. The summed E-state index contributed by atoms with van der Waals surface area (Å²) in [6.07, 6.45) is 0. The number of rotatable bonds is 4. The molecule has 0 unspecified atom stereocenters. The highest BCUT2D eigenvalue weighted by molar-refractivity contribution is 7.19. The standard InChI is InChI=1S/C8H10ClN3O3S/c1-3-15-7(13)5(12-14-2)4-6(9)16-8(10)11-4/h3H2,1-2H3,(H2,10,11)/b12-5-. The first-order chi connectivity index (χ1) is 7.60. The fourth-order valence-electron chi connectivity index (χ4n) is 0.931. The molecule has 0 saturated carbocycles. The van der Waals surface area contributed by atoms with Crippen molar-refractivity contribution in [1.29, 1.82) is 0 Å². The zero-order valence-corrected chi connectivity index (χ0v) is 10.3. The predicted molar refractivity (Wildman–Crippen MR) is 61.7 cm³/mol. The lowest BCUT2D eigenvalue weighted by molar-refractivity contribution is -0.135. The third-order valence-corrected chi connectivity index (χ3v) is 2.56. The first-order valence-electron chi connectivity index (χ1n) is 4.30. The predicted octanol–water partition coefficient (Wildman–Crippen LogP) is 1.29. The van der Waals surface area contributed by atoms with Gasteiger partial charge in [-0.05, 0) is 6.92 Å². The maximum atomic E-state index is 11.5. The Labute approximate surface area is 101 Å². The van der Waals surface area contributed by atoms with E-state index < -0.39 is 5.97 Å². The summed E-state index contributed by atoms with van der Waals surface area (Å²) < 4.78 is 5.06. The van der Waals surface area contributed by atoms with Crippen molar-refractivity contribution < 1.29 is 14.4 Å². The van der Waals surface area contributed by atoms with Crippen LogP contribution in [-0.4, -0.2) is 30.4 Å². The molecular formula is C8H10ClN3O3S. The van der Waals surface area contributed by atoms with Crippen LogP contribution in [0.25, 0.3) is 0 Å². The van der Waals surface area contributed by atoms with Crippen molar-refractivity contribution in [2.75, 3.05) is 19.5 Å². The third kappa shape index (κ3) is 2.83. The van der Waals surface area contributed by atoms with Crippen LogP contribution in [-0.2, 0) is 14.4 Å². The van der Waals surface area contributed by atoms with E-state index in [1.807, 2.05) is 0 Å². The monoisotopic (exact) mass is 263 g/mol. The summed E-state index contributed by atoms with van der Waals surface area (Å²) in [6.45, 7) is 1.90. The Bertz CT molecular complexity index is 419. The maximum Gasteiger partial charge on any atom is 0.362 e. The Kier molecular flexibility index (Phi) is 4.51. The van der Waals surface area contributed by atoms with Crippen LogP contribution in [0.15, 0.2) is 5.16 Å². The van der Waals surface area contributed by atoms with Crippen molar-refractivity contribution >= 4 is 39.8 Å². The Hall–Kier alpha value is -1.34. The normalized spacial score (nSPS) is 11.3. The molecule has 88 valence electrons. The number of esters is 1. The van der Waals surface area contributed by atoms with Gasteiger partial charge in [-0.3, -0.25) is 0 Å². The van der Waals surface area contributed by atoms with E-state index in [1.54, 1.807) is 6.92 Å². The number of nitrogens with zero attached hydrogens (tertiary/aromatic N) is 2. The minimum atomic E-state index is -0.656. The van der Waals surface area contributed by atoms with Gasteiger partial charge in [-0.25, -0.2) is 9.78 Å².